The minimum Gasteiger partial charge on any atom is -1.00 e. The molecule has 1 aromatic heterocycles. The fourth-order valence-electron chi connectivity index (χ4n) is 0.726. The molecule has 1 heterocycles. The van der Waals surface area contributed by atoms with E-state index in [0.29, 0.717) is 11.8 Å². The molecule has 1 aromatic rings. The molecule has 11 heavy (non-hydrogen) atoms. The molecule has 0 amide bonds. The largest absolute Gasteiger partial charge is 1.00 e. The predicted molar refractivity (Wildman–Crippen MR) is 42.1 cm³/mol. The Kier molecular flexibility index (Phi) is 5.65. The van der Waals surface area contributed by atoms with Gasteiger partial charge in [0.1, 0.15) is 11.8 Å². The number of pyridine rings is 1. The number of aromatic nitrogens is 1. The van der Waals surface area contributed by atoms with Crippen LogP contribution in [-0.4, -0.2) is 0 Å². The molecule has 0 aromatic carbocycles. The van der Waals surface area contributed by atoms with Crippen LogP contribution >= 0.6 is 23.2 Å². The topological polar surface area (TPSA) is 14.1 Å². The first-order chi connectivity index (χ1) is 4.86. The minimum absolute atomic E-state index is 0. The van der Waals surface area contributed by atoms with Crippen molar-refractivity contribution in [2.24, 2.45) is 0 Å². The van der Waals surface area contributed by atoms with Crippen LogP contribution in [0.4, 0.5) is 0 Å². The van der Waals surface area contributed by atoms with E-state index in [0.717, 1.165) is 11.4 Å². The average Bonchev–Trinajstić information content (AvgIpc) is 2.05. The maximum atomic E-state index is 5.58. The van der Waals surface area contributed by atoms with E-state index in [-0.39, 0.29) is 12.4 Å². The Hall–Kier alpha value is 0.0200. The number of hydrogen-bond acceptors (Lipinski definition) is 0. The van der Waals surface area contributed by atoms with Crippen LogP contribution < -0.4 is 17.4 Å². The number of nitrogens with one attached hydrogen (secondary N) is 1. The molecule has 0 aliphatic carbocycles. The van der Waals surface area contributed by atoms with Gasteiger partial charge in [0.15, 0.2) is 11.4 Å². The molecule has 0 aliphatic rings. The first-order valence-electron chi connectivity index (χ1n) is 2.99. The molecule has 4 heteroatoms. The van der Waals surface area contributed by atoms with Gasteiger partial charge < -0.3 is 12.4 Å². The number of halogens is 3. The Morgan fingerprint density at radius 2 is 1.55 bits per heavy atom. The highest BCUT2D eigenvalue weighted by atomic mass is 35.5. The summed E-state index contributed by atoms with van der Waals surface area (Å²) in [6.07, 6.45) is 0. The summed E-state index contributed by atoms with van der Waals surface area (Å²) in [5.41, 5.74) is 2.00. The lowest BCUT2D eigenvalue weighted by Crippen LogP contribution is -3.00. The molecule has 62 valence electrons. The Balaban J connectivity index is 0.000001000. The van der Waals surface area contributed by atoms with Crippen molar-refractivity contribution in [1.29, 1.82) is 0 Å². The molecule has 0 saturated heterocycles. The third-order valence-electron chi connectivity index (χ3n) is 1.20. The van der Waals surface area contributed by atoms with Gasteiger partial charge in [-0.2, -0.15) is 0 Å². The quantitative estimate of drug-likeness (QED) is 0.558. The molecule has 1 N–H and O–H groups in total. The molecule has 1 nitrogen and oxygen atoms in total. The first-order valence-corrected chi connectivity index (χ1v) is 4.05. The molecule has 0 fully saturated rings. The summed E-state index contributed by atoms with van der Waals surface area (Å²) in [5, 5.41) is 0. The summed E-state index contributed by atoms with van der Waals surface area (Å²) in [4.78, 5) is 3.08. The van der Waals surface area contributed by atoms with Gasteiger partial charge in [0.25, 0.3) is 0 Å². The van der Waals surface area contributed by atoms with Crippen molar-refractivity contribution < 1.29 is 17.4 Å². The van der Waals surface area contributed by atoms with Crippen molar-refractivity contribution in [3.63, 3.8) is 0 Å². The van der Waals surface area contributed by atoms with Crippen molar-refractivity contribution in [2.75, 3.05) is 0 Å². The summed E-state index contributed by atoms with van der Waals surface area (Å²) < 4.78 is 0. The van der Waals surface area contributed by atoms with Gasteiger partial charge in [-0.15, -0.1) is 23.2 Å². The second-order valence-corrected chi connectivity index (χ2v) is 2.50. The van der Waals surface area contributed by atoms with Gasteiger partial charge >= 0.3 is 0 Å². The summed E-state index contributed by atoms with van der Waals surface area (Å²) in [7, 11) is 0. The van der Waals surface area contributed by atoms with Crippen molar-refractivity contribution >= 4 is 23.2 Å². The molecule has 0 atom stereocenters. The number of H-pyrrole nitrogens is 1. The predicted octanol–water partition coefficient (Wildman–Crippen LogP) is -1.02. The smallest absolute Gasteiger partial charge is 0.194 e. The molecule has 0 spiro atoms. The normalized spacial score (nSPS) is 8.91. The van der Waals surface area contributed by atoms with Gasteiger partial charge in [0.05, 0.1) is 0 Å². The molecular weight excluding hydrogens is 204 g/mol. The van der Waals surface area contributed by atoms with Crippen LogP contribution in [0.2, 0.25) is 0 Å². The summed E-state index contributed by atoms with van der Waals surface area (Å²) in [5.74, 6) is 1.01. The minimum atomic E-state index is 0. The second-order valence-electron chi connectivity index (χ2n) is 1.97. The van der Waals surface area contributed by atoms with E-state index < -0.39 is 0 Å². The second kappa shape index (κ2) is 5.64. The van der Waals surface area contributed by atoms with Gasteiger partial charge in [-0.25, -0.2) is 4.98 Å². The Bertz CT molecular complexity index is 195. The van der Waals surface area contributed by atoms with Crippen LogP contribution in [0.3, 0.4) is 0 Å². The fraction of sp³-hybridized carbons (Fsp3) is 0.286. The first kappa shape index (κ1) is 11.0. The average molecular weight is 213 g/mol. The Morgan fingerprint density at radius 3 is 1.91 bits per heavy atom. The summed E-state index contributed by atoms with van der Waals surface area (Å²) in [6, 6.07) is 5.80. The van der Waals surface area contributed by atoms with Gasteiger partial charge in [0, 0.05) is 12.1 Å². The van der Waals surface area contributed by atoms with E-state index in [1.807, 2.05) is 18.2 Å². The zero-order chi connectivity index (χ0) is 7.40. The Morgan fingerprint density at radius 1 is 1.09 bits per heavy atom. The molecular formula is C7H8Cl3N. The van der Waals surface area contributed by atoms with Crippen LogP contribution in [-0.2, 0) is 11.8 Å². The third kappa shape index (κ3) is 3.28. The van der Waals surface area contributed by atoms with Crippen LogP contribution in [0.15, 0.2) is 18.2 Å². The van der Waals surface area contributed by atoms with E-state index in [1.54, 1.807) is 0 Å². The van der Waals surface area contributed by atoms with Gasteiger partial charge in [-0.3, -0.25) is 0 Å². The van der Waals surface area contributed by atoms with Crippen LogP contribution in [0.1, 0.15) is 11.4 Å². The molecule has 0 bridgehead atoms. The number of hydrogen-bond donors (Lipinski definition) is 0. The highest BCUT2D eigenvalue weighted by Crippen LogP contribution is 1.98. The monoisotopic (exact) mass is 211 g/mol. The zero-order valence-corrected chi connectivity index (χ0v) is 8.05. The van der Waals surface area contributed by atoms with E-state index in [1.165, 1.54) is 0 Å². The third-order valence-corrected chi connectivity index (χ3v) is 1.78. The highest BCUT2D eigenvalue weighted by Gasteiger charge is 2.00. The van der Waals surface area contributed by atoms with E-state index in [4.69, 9.17) is 23.2 Å². The van der Waals surface area contributed by atoms with Crippen LogP contribution in [0, 0.1) is 0 Å². The standard InChI is InChI=1S/C7H7Cl2N.ClH/c8-4-6-2-1-3-7(5-9)10-6;/h1-3H,4-5H2;1H. The van der Waals surface area contributed by atoms with Crippen LogP contribution in [0.5, 0.6) is 0 Å². The van der Waals surface area contributed by atoms with Crippen molar-refractivity contribution in [2.45, 2.75) is 11.8 Å². The Labute approximate surface area is 82.1 Å². The lowest BCUT2D eigenvalue weighted by molar-refractivity contribution is -0.398. The maximum absolute atomic E-state index is 5.58. The lowest BCUT2D eigenvalue weighted by atomic mass is 10.3. The number of aromatic amines is 1. The maximum Gasteiger partial charge on any atom is 0.194 e. The molecule has 0 unspecified atom stereocenters. The van der Waals surface area contributed by atoms with Gasteiger partial charge in [-0.05, 0) is 6.07 Å². The van der Waals surface area contributed by atoms with E-state index in [2.05, 4.69) is 4.98 Å². The highest BCUT2D eigenvalue weighted by molar-refractivity contribution is 6.17. The van der Waals surface area contributed by atoms with Crippen LogP contribution in [0.25, 0.3) is 0 Å². The summed E-state index contributed by atoms with van der Waals surface area (Å²) >= 11 is 11.2. The van der Waals surface area contributed by atoms with E-state index in [9.17, 15) is 0 Å². The van der Waals surface area contributed by atoms with Crippen molar-refractivity contribution in [3.8, 4) is 0 Å². The van der Waals surface area contributed by atoms with Gasteiger partial charge in [-0.1, -0.05) is 0 Å². The van der Waals surface area contributed by atoms with Crippen molar-refractivity contribution in [3.05, 3.63) is 29.6 Å². The molecule has 0 saturated carbocycles. The zero-order valence-electron chi connectivity index (χ0n) is 5.78. The van der Waals surface area contributed by atoms with Crippen molar-refractivity contribution in [1.82, 2.24) is 0 Å². The number of rotatable bonds is 2. The fourth-order valence-corrected chi connectivity index (χ4v) is 1.04. The molecule has 0 aliphatic heterocycles. The molecule has 1 rings (SSSR count). The van der Waals surface area contributed by atoms with Gasteiger partial charge in [0.2, 0.25) is 0 Å². The lowest BCUT2D eigenvalue weighted by Gasteiger charge is -1.88. The summed E-state index contributed by atoms with van der Waals surface area (Å²) in [6.45, 7) is 0. The number of alkyl halides is 2. The SMILES string of the molecule is ClCc1cccc(CCl)[nH+]1.[Cl-]. The van der Waals surface area contributed by atoms with E-state index >= 15 is 0 Å². The molecule has 0 radical (unpaired) electrons.